The van der Waals surface area contributed by atoms with E-state index in [4.69, 9.17) is 42.6 Å². The molecule has 17 N–H and O–H groups in total. The van der Waals surface area contributed by atoms with Crippen molar-refractivity contribution in [2.75, 3.05) is 33.0 Å². The lowest BCUT2D eigenvalue weighted by Crippen LogP contribution is -2.71. The van der Waals surface area contributed by atoms with Crippen LogP contribution < -0.4 is 16.0 Å². The van der Waals surface area contributed by atoms with Crippen molar-refractivity contribution in [2.24, 2.45) is 0 Å². The third-order valence-electron chi connectivity index (χ3n) is 11.5. The summed E-state index contributed by atoms with van der Waals surface area (Å²) in [5.41, 5.74) is 0. The van der Waals surface area contributed by atoms with E-state index < -0.39 is 204 Å². The molecule has 0 aromatic carbocycles. The minimum atomic E-state index is -2.24. The molecule has 0 aromatic rings. The van der Waals surface area contributed by atoms with Gasteiger partial charge in [-0.2, -0.15) is 0 Å². The smallest absolute Gasteiger partial charge is 0.217 e. The van der Waals surface area contributed by atoms with Crippen LogP contribution in [0.15, 0.2) is 0 Å². The number of carbonyl (C=O) groups excluding carboxylic acids is 3. The van der Waals surface area contributed by atoms with Crippen LogP contribution in [0.4, 0.5) is 0 Å². The van der Waals surface area contributed by atoms with Gasteiger partial charge in [0.05, 0.1) is 33.0 Å². The molecule has 0 saturated carbocycles. The van der Waals surface area contributed by atoms with Crippen LogP contribution in [0.3, 0.4) is 0 Å². The predicted octanol–water partition coefficient (Wildman–Crippen LogP) is -11.5. The van der Waals surface area contributed by atoms with Crippen molar-refractivity contribution in [1.29, 1.82) is 0 Å². The largest absolute Gasteiger partial charge is 0.394 e. The summed E-state index contributed by atoms with van der Waals surface area (Å²) in [6, 6.07) is -4.82. The Morgan fingerprint density at radius 2 is 0.708 bits per heavy atom. The fraction of sp³-hybridized carbons (Fsp3) is 0.917. The maximum absolute atomic E-state index is 12.5. The lowest BCUT2D eigenvalue weighted by atomic mass is 9.93. The molecule has 65 heavy (non-hydrogen) atoms. The highest BCUT2D eigenvalue weighted by atomic mass is 16.8. The molecular formula is C36H61N3O26. The molecule has 5 heterocycles. The van der Waals surface area contributed by atoms with Crippen molar-refractivity contribution < 1.29 is 129 Å². The molecule has 1 unspecified atom stereocenters. The maximum atomic E-state index is 12.5. The minimum absolute atomic E-state index is 0.696. The first-order valence-corrected chi connectivity index (χ1v) is 20.6. The molecule has 5 fully saturated rings. The number of ether oxygens (including phenoxy) is 9. The van der Waals surface area contributed by atoms with Crippen LogP contribution in [-0.4, -0.2) is 276 Å². The van der Waals surface area contributed by atoms with Crippen molar-refractivity contribution in [3.8, 4) is 0 Å². The fourth-order valence-corrected chi connectivity index (χ4v) is 8.24. The summed E-state index contributed by atoms with van der Waals surface area (Å²) >= 11 is 0. The molecule has 5 rings (SSSR count). The second kappa shape index (κ2) is 23.2. The SMILES string of the molecule is CC(=O)N[C@H]1[C@H](O[C@H]2[C@H](O)[C@@H](NC(C)=O)C(O)O[C@@H]2CO)O[C@H](CO)[C@@H](O[C@@H]2O[C@H](CO)[C@@H](O[C@@H]3O[C@H](CO)[C@@H](O)[C@H](O)[C@H]3NC(C)=O)[C@H](O[C@H]3O[C@H](CO)[C@@H](O)[C@H](O)[C@@H]3O)[C@@H]2O)[C@@H]1O. The first kappa shape index (κ1) is 53.4. The van der Waals surface area contributed by atoms with Gasteiger partial charge in [-0.3, -0.25) is 14.4 Å². The van der Waals surface area contributed by atoms with Gasteiger partial charge in [-0.25, -0.2) is 0 Å². The van der Waals surface area contributed by atoms with Crippen LogP contribution in [0.5, 0.6) is 0 Å². The van der Waals surface area contributed by atoms with E-state index in [0.717, 1.165) is 20.8 Å². The van der Waals surface area contributed by atoms with E-state index in [9.17, 15) is 85.9 Å². The van der Waals surface area contributed by atoms with Crippen LogP contribution >= 0.6 is 0 Å². The zero-order valence-electron chi connectivity index (χ0n) is 35.1. The Morgan fingerprint density at radius 1 is 0.369 bits per heavy atom. The van der Waals surface area contributed by atoms with Crippen LogP contribution in [0.25, 0.3) is 0 Å². The Hall–Kier alpha value is -2.51. The van der Waals surface area contributed by atoms with Crippen LogP contribution in [0, 0.1) is 0 Å². The molecular weight excluding hydrogens is 890 g/mol. The first-order chi connectivity index (χ1) is 30.7. The minimum Gasteiger partial charge on any atom is -0.394 e. The highest BCUT2D eigenvalue weighted by Gasteiger charge is 2.58. The Morgan fingerprint density at radius 3 is 1.22 bits per heavy atom. The molecule has 0 aromatic heterocycles. The summed E-state index contributed by atoms with van der Waals surface area (Å²) in [5.74, 6) is -2.26. The standard InChI is InChI=1S/C36H61N3O26/c1-9(45)37-17-23(51)28(14(6-42)57-32(17)56)62-34-19(39-11(3)47)24(52)29(15(7-43)60-34)63-36-27(55)31(65-35-26(54)25(53)21(49)13(5-41)59-35)30(16(8-44)61-36)64-33-18(38-10(2)46)22(50)20(48)12(4-40)58-33/h12-36,40-44,48-56H,4-8H2,1-3H3,(H,37,45)(H,38,46)(H,39,47)/t12-,13-,14-,15-,16-,17-,18-,19-,20-,21-,22-,23-,24-,25+,26+,27+,28-,29-,30-,31-,32?,33+,34+,35-,36+/m1/s1. The van der Waals surface area contributed by atoms with Gasteiger partial charge in [0.15, 0.2) is 31.5 Å². The molecule has 0 bridgehead atoms. The Kier molecular flexibility index (Phi) is 19.1. The van der Waals surface area contributed by atoms with Crippen molar-refractivity contribution >= 4 is 17.7 Å². The number of amides is 3. The molecule has 29 nitrogen and oxygen atoms in total. The van der Waals surface area contributed by atoms with Gasteiger partial charge in [0.1, 0.15) is 122 Å². The third-order valence-corrected chi connectivity index (χ3v) is 11.5. The monoisotopic (exact) mass is 951 g/mol. The van der Waals surface area contributed by atoms with E-state index in [1.807, 2.05) is 0 Å². The molecule has 5 aliphatic rings. The van der Waals surface area contributed by atoms with Gasteiger partial charge in [0.25, 0.3) is 0 Å². The number of hydrogen-bond donors (Lipinski definition) is 17. The number of nitrogens with one attached hydrogen (secondary N) is 3. The summed E-state index contributed by atoms with van der Waals surface area (Å²) in [5, 5.41) is 157. The number of carbonyl (C=O) groups is 3. The molecule has 0 aliphatic carbocycles. The average Bonchev–Trinajstić information content (AvgIpc) is 3.26. The first-order valence-electron chi connectivity index (χ1n) is 20.6. The maximum Gasteiger partial charge on any atom is 0.217 e. The van der Waals surface area contributed by atoms with Gasteiger partial charge in [0, 0.05) is 20.8 Å². The summed E-state index contributed by atoms with van der Waals surface area (Å²) in [7, 11) is 0. The summed E-state index contributed by atoms with van der Waals surface area (Å²) in [6.07, 6.45) is -40.7. The second-order valence-electron chi connectivity index (χ2n) is 16.2. The lowest BCUT2D eigenvalue weighted by molar-refractivity contribution is -0.394. The van der Waals surface area contributed by atoms with Crippen molar-refractivity contribution in [3.05, 3.63) is 0 Å². The number of rotatable bonds is 16. The number of aliphatic hydroxyl groups excluding tert-OH is 14. The molecule has 3 amide bonds. The van der Waals surface area contributed by atoms with Crippen LogP contribution in [0.2, 0.25) is 0 Å². The van der Waals surface area contributed by atoms with Gasteiger partial charge in [-0.15, -0.1) is 0 Å². The quantitative estimate of drug-likeness (QED) is 0.0683. The molecule has 0 radical (unpaired) electrons. The van der Waals surface area contributed by atoms with Gasteiger partial charge in [-0.05, 0) is 0 Å². The van der Waals surface area contributed by atoms with Gasteiger partial charge in [-0.1, -0.05) is 0 Å². The molecule has 5 aliphatic heterocycles. The predicted molar refractivity (Wildman–Crippen MR) is 201 cm³/mol. The van der Waals surface area contributed by atoms with E-state index >= 15 is 0 Å². The number of aliphatic hydroxyl groups is 14. The second-order valence-corrected chi connectivity index (χ2v) is 16.2. The molecule has 25 atom stereocenters. The topological polar surface area (TPSA) is 454 Å². The van der Waals surface area contributed by atoms with Crippen molar-refractivity contribution in [2.45, 2.75) is 174 Å². The van der Waals surface area contributed by atoms with Crippen molar-refractivity contribution in [3.63, 3.8) is 0 Å². The van der Waals surface area contributed by atoms with Crippen molar-refractivity contribution in [1.82, 2.24) is 16.0 Å². The Labute approximate surface area is 369 Å². The average molecular weight is 952 g/mol. The third kappa shape index (κ3) is 11.9. The normalized spacial score (nSPS) is 47.1. The highest BCUT2D eigenvalue weighted by Crippen LogP contribution is 2.37. The summed E-state index contributed by atoms with van der Waals surface area (Å²) in [4.78, 5) is 36.5. The molecule has 376 valence electrons. The highest BCUT2D eigenvalue weighted by molar-refractivity contribution is 5.74. The molecule has 29 heteroatoms. The van der Waals surface area contributed by atoms with Crippen LogP contribution in [-0.2, 0) is 57.0 Å². The fourth-order valence-electron chi connectivity index (χ4n) is 8.24. The molecule has 0 spiro atoms. The zero-order chi connectivity index (χ0) is 48.2. The van der Waals surface area contributed by atoms with Gasteiger partial charge in [0.2, 0.25) is 17.7 Å². The van der Waals surface area contributed by atoms with E-state index in [1.54, 1.807) is 0 Å². The molecule has 5 saturated heterocycles. The number of hydrogen-bond acceptors (Lipinski definition) is 26. The Bertz CT molecular complexity index is 1560. The van der Waals surface area contributed by atoms with E-state index in [1.165, 1.54) is 0 Å². The zero-order valence-corrected chi connectivity index (χ0v) is 35.1. The van der Waals surface area contributed by atoms with Gasteiger partial charge < -0.3 is 130 Å². The van der Waals surface area contributed by atoms with E-state index in [0.29, 0.717) is 0 Å². The lowest BCUT2D eigenvalue weighted by Gasteiger charge is -2.51. The van der Waals surface area contributed by atoms with E-state index in [-0.39, 0.29) is 0 Å². The summed E-state index contributed by atoms with van der Waals surface area (Å²) < 4.78 is 52.2. The summed E-state index contributed by atoms with van der Waals surface area (Å²) in [6.45, 7) is -1.58. The van der Waals surface area contributed by atoms with Gasteiger partial charge >= 0.3 is 0 Å². The Balaban J connectivity index is 1.47. The van der Waals surface area contributed by atoms with E-state index in [2.05, 4.69) is 16.0 Å². The van der Waals surface area contributed by atoms with Crippen LogP contribution in [0.1, 0.15) is 20.8 Å².